The normalized spacial score (nSPS) is 7.13. The van der Waals surface area contributed by atoms with Gasteiger partial charge in [-0.1, -0.05) is 35.9 Å². The molecule has 4 heteroatoms. The fourth-order valence-electron chi connectivity index (χ4n) is 0.738. The van der Waals surface area contributed by atoms with Gasteiger partial charge in [-0.15, -0.1) is 0 Å². The molecule has 15 heavy (non-hydrogen) atoms. The minimum atomic E-state index is -0.211. The second-order valence-electron chi connectivity index (χ2n) is 2.58. The van der Waals surface area contributed by atoms with Crippen molar-refractivity contribution in [2.75, 3.05) is 6.61 Å². The number of rotatable bonds is 1. The SMILES string of the molecule is CCOC(C)=O.Cc1ccccc1.[NH4+].[OH-]. The molecule has 0 saturated carbocycles. The molecule has 1 aromatic carbocycles. The molecule has 0 aliphatic heterocycles. The third kappa shape index (κ3) is 15.4. The van der Waals surface area contributed by atoms with Crippen LogP contribution in [0.3, 0.4) is 0 Å². The van der Waals surface area contributed by atoms with E-state index >= 15 is 0 Å². The summed E-state index contributed by atoms with van der Waals surface area (Å²) in [5, 5.41) is 0. The number of hydrogen-bond donors (Lipinski definition) is 1. The molecule has 5 N–H and O–H groups in total. The van der Waals surface area contributed by atoms with Gasteiger partial charge in [0.05, 0.1) is 6.61 Å². The van der Waals surface area contributed by atoms with Gasteiger partial charge in [0.1, 0.15) is 0 Å². The van der Waals surface area contributed by atoms with Crippen LogP contribution in [0.5, 0.6) is 0 Å². The van der Waals surface area contributed by atoms with Crippen LogP contribution < -0.4 is 6.15 Å². The molecule has 0 amide bonds. The van der Waals surface area contributed by atoms with Crippen LogP contribution in [0.25, 0.3) is 0 Å². The molecule has 0 spiro atoms. The van der Waals surface area contributed by atoms with Gasteiger partial charge in [0, 0.05) is 6.92 Å². The zero-order valence-corrected chi connectivity index (χ0v) is 9.86. The molecule has 88 valence electrons. The molecular formula is C11H21NO3. The Morgan fingerprint density at radius 1 is 1.27 bits per heavy atom. The number of hydrogen-bond acceptors (Lipinski definition) is 3. The Morgan fingerprint density at radius 3 is 1.87 bits per heavy atom. The van der Waals surface area contributed by atoms with E-state index in [2.05, 4.69) is 23.8 Å². The highest BCUT2D eigenvalue weighted by Gasteiger charge is 1.81. The van der Waals surface area contributed by atoms with Crippen molar-refractivity contribution in [3.63, 3.8) is 0 Å². The van der Waals surface area contributed by atoms with E-state index in [-0.39, 0.29) is 17.6 Å². The maximum Gasteiger partial charge on any atom is 0.302 e. The maximum atomic E-state index is 9.82. The Hall–Kier alpha value is -1.39. The van der Waals surface area contributed by atoms with Gasteiger partial charge in [0.15, 0.2) is 0 Å². The van der Waals surface area contributed by atoms with Crippen molar-refractivity contribution < 1.29 is 15.0 Å². The van der Waals surface area contributed by atoms with Crippen molar-refractivity contribution in [2.45, 2.75) is 20.8 Å². The van der Waals surface area contributed by atoms with Crippen molar-refractivity contribution >= 4 is 5.97 Å². The summed E-state index contributed by atoms with van der Waals surface area (Å²) in [6, 6.07) is 10.3. The van der Waals surface area contributed by atoms with Crippen LogP contribution in [-0.2, 0) is 9.53 Å². The van der Waals surface area contributed by atoms with E-state index in [0.717, 1.165) is 0 Å². The lowest BCUT2D eigenvalue weighted by atomic mass is 10.2. The molecule has 0 radical (unpaired) electrons. The third-order valence-corrected chi connectivity index (χ3v) is 1.29. The van der Waals surface area contributed by atoms with Crippen LogP contribution in [0.1, 0.15) is 19.4 Å². The monoisotopic (exact) mass is 215 g/mol. The maximum absolute atomic E-state index is 9.82. The standard InChI is InChI=1S/C7H8.C4H8O2.H3N.H2O/c1-7-5-3-2-4-6-7;1-3-6-4(2)5;;/h2-6H,1H3;3H2,1-2H3;1H3;1H2. The van der Waals surface area contributed by atoms with Gasteiger partial charge >= 0.3 is 5.97 Å². The molecule has 0 heterocycles. The highest BCUT2D eigenvalue weighted by Crippen LogP contribution is 1.92. The van der Waals surface area contributed by atoms with Crippen LogP contribution >= 0.6 is 0 Å². The summed E-state index contributed by atoms with van der Waals surface area (Å²) >= 11 is 0. The molecule has 0 fully saturated rings. The molecule has 1 rings (SSSR count). The van der Waals surface area contributed by atoms with Gasteiger partial charge in [0.25, 0.3) is 0 Å². The average molecular weight is 215 g/mol. The first-order chi connectivity index (χ1) is 6.16. The van der Waals surface area contributed by atoms with E-state index in [0.29, 0.717) is 6.61 Å². The Morgan fingerprint density at radius 2 is 1.73 bits per heavy atom. The van der Waals surface area contributed by atoms with Crippen molar-refractivity contribution in [2.24, 2.45) is 0 Å². The smallest absolute Gasteiger partial charge is 0.302 e. The first-order valence-electron chi connectivity index (χ1n) is 4.31. The fourth-order valence-corrected chi connectivity index (χ4v) is 0.738. The summed E-state index contributed by atoms with van der Waals surface area (Å²) in [6.45, 7) is 5.74. The summed E-state index contributed by atoms with van der Waals surface area (Å²) in [5.74, 6) is -0.211. The number of quaternary nitrogens is 1. The number of carbonyl (C=O) groups is 1. The minimum absolute atomic E-state index is 0. The van der Waals surface area contributed by atoms with Crippen LogP contribution in [-0.4, -0.2) is 18.1 Å². The van der Waals surface area contributed by atoms with E-state index in [4.69, 9.17) is 0 Å². The molecular weight excluding hydrogens is 194 g/mol. The van der Waals surface area contributed by atoms with Crippen molar-refractivity contribution in [1.29, 1.82) is 0 Å². The molecule has 0 atom stereocenters. The first kappa shape index (κ1) is 19.2. The number of esters is 1. The average Bonchev–Trinajstić information content (AvgIpc) is 2.06. The molecule has 0 aliphatic carbocycles. The molecule has 4 nitrogen and oxygen atoms in total. The summed E-state index contributed by atoms with van der Waals surface area (Å²) in [5.41, 5.74) is 1.32. The summed E-state index contributed by atoms with van der Waals surface area (Å²) in [4.78, 5) is 9.82. The predicted octanol–water partition coefficient (Wildman–Crippen LogP) is 2.76. The largest absolute Gasteiger partial charge is 0.870 e. The zero-order chi connectivity index (χ0) is 10.1. The number of carbonyl (C=O) groups excluding carboxylic acids is 1. The quantitative estimate of drug-likeness (QED) is 0.730. The van der Waals surface area contributed by atoms with Crippen LogP contribution in [0, 0.1) is 6.92 Å². The molecule has 0 unspecified atom stereocenters. The Kier molecular flexibility index (Phi) is 16.2. The van der Waals surface area contributed by atoms with E-state index in [1.807, 2.05) is 18.2 Å². The lowest BCUT2D eigenvalue weighted by Gasteiger charge is -1.89. The lowest BCUT2D eigenvalue weighted by molar-refractivity contribution is -0.140. The lowest BCUT2D eigenvalue weighted by Crippen LogP contribution is -1.95. The van der Waals surface area contributed by atoms with Crippen LogP contribution in [0.4, 0.5) is 0 Å². The zero-order valence-electron chi connectivity index (χ0n) is 9.86. The van der Waals surface area contributed by atoms with Crippen LogP contribution in [0.2, 0.25) is 0 Å². The first-order valence-corrected chi connectivity index (χ1v) is 4.31. The van der Waals surface area contributed by atoms with E-state index in [1.165, 1.54) is 12.5 Å². The van der Waals surface area contributed by atoms with Gasteiger partial charge in [-0.05, 0) is 13.8 Å². The van der Waals surface area contributed by atoms with Gasteiger partial charge < -0.3 is 16.4 Å². The Balaban J connectivity index is -0.000000172. The van der Waals surface area contributed by atoms with Crippen LogP contribution in [0.15, 0.2) is 30.3 Å². The predicted molar refractivity (Wildman–Crippen MR) is 61.4 cm³/mol. The minimum Gasteiger partial charge on any atom is -0.870 e. The Labute approximate surface area is 91.2 Å². The number of aryl methyl sites for hydroxylation is 1. The van der Waals surface area contributed by atoms with E-state index in [1.54, 1.807) is 6.92 Å². The highest BCUT2D eigenvalue weighted by atomic mass is 16.5. The number of ether oxygens (including phenoxy) is 1. The van der Waals surface area contributed by atoms with Crippen molar-refractivity contribution in [3.05, 3.63) is 35.9 Å². The topological polar surface area (TPSA) is 92.8 Å². The van der Waals surface area contributed by atoms with Gasteiger partial charge in [-0.3, -0.25) is 4.79 Å². The molecule has 0 aromatic heterocycles. The third-order valence-electron chi connectivity index (χ3n) is 1.29. The summed E-state index contributed by atoms with van der Waals surface area (Å²) < 4.78 is 4.40. The molecule has 0 saturated heterocycles. The number of benzene rings is 1. The molecule has 1 aromatic rings. The van der Waals surface area contributed by atoms with Gasteiger partial charge in [0.2, 0.25) is 0 Å². The summed E-state index contributed by atoms with van der Waals surface area (Å²) in [6.07, 6.45) is 0. The van der Waals surface area contributed by atoms with E-state index in [9.17, 15) is 4.79 Å². The second-order valence-corrected chi connectivity index (χ2v) is 2.58. The molecule has 0 aliphatic rings. The van der Waals surface area contributed by atoms with Crippen molar-refractivity contribution in [1.82, 2.24) is 6.15 Å². The van der Waals surface area contributed by atoms with Crippen molar-refractivity contribution in [3.8, 4) is 0 Å². The van der Waals surface area contributed by atoms with E-state index < -0.39 is 0 Å². The molecule has 0 bridgehead atoms. The Bertz CT molecular complexity index is 237. The summed E-state index contributed by atoms with van der Waals surface area (Å²) in [7, 11) is 0. The van der Waals surface area contributed by atoms with Gasteiger partial charge in [-0.2, -0.15) is 0 Å². The second kappa shape index (κ2) is 12.6. The highest BCUT2D eigenvalue weighted by molar-refractivity contribution is 5.65. The van der Waals surface area contributed by atoms with Gasteiger partial charge in [-0.25, -0.2) is 0 Å². The fraction of sp³-hybridized carbons (Fsp3) is 0.364.